The van der Waals surface area contributed by atoms with Gasteiger partial charge < -0.3 is 9.47 Å². The lowest BCUT2D eigenvalue weighted by molar-refractivity contribution is -0.145. The molecule has 0 saturated heterocycles. The molecule has 0 N–H and O–H groups in total. The summed E-state index contributed by atoms with van der Waals surface area (Å²) in [5, 5.41) is 0. The number of halogens is 5. The molecule has 0 unspecified atom stereocenters. The Bertz CT molecular complexity index is 602. The number of carbonyl (C=O) groups is 2. The van der Waals surface area contributed by atoms with Crippen LogP contribution < -0.4 is 4.74 Å². The molecule has 0 spiro atoms. The van der Waals surface area contributed by atoms with Crippen molar-refractivity contribution in [2.75, 3.05) is 6.61 Å². The number of hydrogen-bond acceptors (Lipinski definition) is 4. The molecule has 0 bridgehead atoms. The fraction of sp³-hybridized carbons (Fsp3) is 0.467. The summed E-state index contributed by atoms with van der Waals surface area (Å²) >= 11 is 0. The predicted octanol–water partition coefficient (Wildman–Crippen LogP) is 3.66. The van der Waals surface area contributed by atoms with E-state index in [2.05, 4.69) is 4.74 Å². The van der Waals surface area contributed by atoms with Crippen LogP contribution in [0, 0.1) is 35.0 Å². The second kappa shape index (κ2) is 8.60. The molecule has 0 aromatic heterocycles. The van der Waals surface area contributed by atoms with Crippen molar-refractivity contribution in [3.63, 3.8) is 0 Å². The second-order valence-corrected chi connectivity index (χ2v) is 5.30. The molecule has 1 aromatic rings. The zero-order valence-corrected chi connectivity index (χ0v) is 12.9. The number of hydrogen-bond donors (Lipinski definition) is 0. The van der Waals surface area contributed by atoms with E-state index >= 15 is 0 Å². The molecular formula is C15H15F5O4. The van der Waals surface area contributed by atoms with Gasteiger partial charge in [-0.15, -0.1) is 0 Å². The van der Waals surface area contributed by atoms with Crippen LogP contribution >= 0.6 is 0 Å². The van der Waals surface area contributed by atoms with Gasteiger partial charge in [-0.1, -0.05) is 13.8 Å². The van der Waals surface area contributed by atoms with E-state index in [0.29, 0.717) is 0 Å². The first-order chi connectivity index (χ1) is 11.1. The van der Waals surface area contributed by atoms with Crippen LogP contribution in [0.1, 0.15) is 33.1 Å². The van der Waals surface area contributed by atoms with Crippen molar-refractivity contribution in [2.45, 2.75) is 33.1 Å². The maximum Gasteiger partial charge on any atom is 0.311 e. The monoisotopic (exact) mass is 354 g/mol. The second-order valence-electron chi connectivity index (χ2n) is 5.30. The van der Waals surface area contributed by atoms with Gasteiger partial charge in [-0.25, -0.2) is 13.2 Å². The van der Waals surface area contributed by atoms with Crippen molar-refractivity contribution in [1.29, 1.82) is 0 Å². The molecule has 0 aliphatic heterocycles. The zero-order valence-electron chi connectivity index (χ0n) is 12.9. The van der Waals surface area contributed by atoms with Gasteiger partial charge in [-0.2, -0.15) is 8.78 Å². The van der Waals surface area contributed by atoms with Crippen molar-refractivity contribution < 1.29 is 41.0 Å². The third-order valence-electron chi connectivity index (χ3n) is 2.72. The molecule has 4 nitrogen and oxygen atoms in total. The van der Waals surface area contributed by atoms with E-state index in [9.17, 15) is 31.5 Å². The van der Waals surface area contributed by atoms with E-state index in [1.165, 1.54) is 0 Å². The molecule has 1 rings (SSSR count). The lowest BCUT2D eigenvalue weighted by atomic mass is 10.2. The van der Waals surface area contributed by atoms with Crippen LogP contribution in [0.2, 0.25) is 0 Å². The lowest BCUT2D eigenvalue weighted by Crippen LogP contribution is -2.14. The topological polar surface area (TPSA) is 52.6 Å². The molecule has 0 fully saturated rings. The minimum Gasteiger partial charge on any atom is -0.465 e. The zero-order chi connectivity index (χ0) is 18.4. The fourth-order valence-electron chi connectivity index (χ4n) is 1.55. The van der Waals surface area contributed by atoms with Gasteiger partial charge in [0.2, 0.25) is 34.8 Å². The molecule has 0 amide bonds. The van der Waals surface area contributed by atoms with Crippen molar-refractivity contribution in [3.05, 3.63) is 29.1 Å². The molecule has 0 aliphatic rings. The third-order valence-corrected chi connectivity index (χ3v) is 2.72. The predicted molar refractivity (Wildman–Crippen MR) is 71.5 cm³/mol. The van der Waals surface area contributed by atoms with Crippen LogP contribution in [0.25, 0.3) is 0 Å². The van der Waals surface area contributed by atoms with Gasteiger partial charge in [0, 0.05) is 12.8 Å². The van der Waals surface area contributed by atoms with Gasteiger partial charge in [-0.3, -0.25) is 9.59 Å². The summed E-state index contributed by atoms with van der Waals surface area (Å²) in [5.74, 6) is -14.6. The summed E-state index contributed by atoms with van der Waals surface area (Å²) in [6, 6.07) is 0. The SMILES string of the molecule is CC(C)COC(=O)CCCC(=O)Oc1c(F)c(F)c(F)c(F)c1F. The molecule has 24 heavy (non-hydrogen) atoms. The molecule has 0 aliphatic carbocycles. The number of benzene rings is 1. The van der Waals surface area contributed by atoms with E-state index in [0.717, 1.165) is 0 Å². The highest BCUT2D eigenvalue weighted by Crippen LogP contribution is 2.29. The van der Waals surface area contributed by atoms with Crippen LogP contribution in [0.4, 0.5) is 22.0 Å². The average Bonchev–Trinajstić information content (AvgIpc) is 2.53. The molecule has 9 heteroatoms. The van der Waals surface area contributed by atoms with Crippen LogP contribution in [0.3, 0.4) is 0 Å². The molecule has 1 aromatic carbocycles. The Morgan fingerprint density at radius 2 is 1.29 bits per heavy atom. The highest BCUT2D eigenvalue weighted by molar-refractivity contribution is 5.74. The standard InChI is InChI=1S/C15H15F5O4/c1-7(2)6-23-8(21)4-3-5-9(22)24-15-13(19)11(17)10(16)12(18)14(15)20/h7H,3-6H2,1-2H3. The van der Waals surface area contributed by atoms with Crippen molar-refractivity contribution in [3.8, 4) is 5.75 Å². The van der Waals surface area contributed by atoms with Crippen molar-refractivity contribution in [2.24, 2.45) is 5.92 Å². The van der Waals surface area contributed by atoms with E-state index in [1.54, 1.807) is 0 Å². The fourth-order valence-corrected chi connectivity index (χ4v) is 1.55. The summed E-state index contributed by atoms with van der Waals surface area (Å²) < 4.78 is 74.4. The first-order valence-corrected chi connectivity index (χ1v) is 7.02. The van der Waals surface area contributed by atoms with E-state index < -0.39 is 53.2 Å². The van der Waals surface area contributed by atoms with Gasteiger partial charge in [0.25, 0.3) is 0 Å². The number of carbonyl (C=O) groups excluding carboxylic acids is 2. The Kier molecular flexibility index (Phi) is 7.12. The molecular weight excluding hydrogens is 339 g/mol. The Labute approximate surface area is 134 Å². The highest BCUT2D eigenvalue weighted by atomic mass is 19.2. The third kappa shape index (κ3) is 5.17. The van der Waals surface area contributed by atoms with E-state index in [4.69, 9.17) is 4.74 Å². The van der Waals surface area contributed by atoms with Gasteiger partial charge >= 0.3 is 11.9 Å². The summed E-state index contributed by atoms with van der Waals surface area (Å²) in [5.41, 5.74) is 0. The van der Waals surface area contributed by atoms with Gasteiger partial charge in [0.1, 0.15) is 0 Å². The lowest BCUT2D eigenvalue weighted by Gasteiger charge is -2.09. The molecule has 134 valence electrons. The summed E-state index contributed by atoms with van der Waals surface area (Å²) in [6.07, 6.45) is -0.680. The smallest absolute Gasteiger partial charge is 0.311 e. The summed E-state index contributed by atoms with van der Waals surface area (Å²) in [6.45, 7) is 3.86. The van der Waals surface area contributed by atoms with Crippen LogP contribution in [-0.4, -0.2) is 18.5 Å². The quantitative estimate of drug-likeness (QED) is 0.247. The minimum atomic E-state index is -2.35. The molecule has 0 saturated carbocycles. The number of rotatable bonds is 7. The Balaban J connectivity index is 2.59. The normalized spacial score (nSPS) is 10.8. The highest BCUT2D eigenvalue weighted by Gasteiger charge is 2.28. The first kappa shape index (κ1) is 19.9. The van der Waals surface area contributed by atoms with E-state index in [-0.39, 0.29) is 25.4 Å². The Morgan fingerprint density at radius 3 is 1.79 bits per heavy atom. The van der Waals surface area contributed by atoms with Gasteiger partial charge in [-0.05, 0) is 12.3 Å². The maximum absolute atomic E-state index is 13.3. The van der Waals surface area contributed by atoms with Crippen molar-refractivity contribution >= 4 is 11.9 Å². The average molecular weight is 354 g/mol. The number of ether oxygens (including phenoxy) is 2. The summed E-state index contributed by atoms with van der Waals surface area (Å²) in [4.78, 5) is 22.7. The minimum absolute atomic E-state index is 0.0643. The van der Waals surface area contributed by atoms with Gasteiger partial charge in [0.15, 0.2) is 0 Å². The van der Waals surface area contributed by atoms with Gasteiger partial charge in [0.05, 0.1) is 6.61 Å². The molecule has 0 heterocycles. The summed E-state index contributed by atoms with van der Waals surface area (Å²) in [7, 11) is 0. The van der Waals surface area contributed by atoms with Crippen LogP contribution in [-0.2, 0) is 14.3 Å². The molecule has 0 radical (unpaired) electrons. The van der Waals surface area contributed by atoms with Crippen LogP contribution in [0.5, 0.6) is 5.75 Å². The maximum atomic E-state index is 13.3. The first-order valence-electron chi connectivity index (χ1n) is 7.02. The Hall–Kier alpha value is -2.19. The molecule has 0 atom stereocenters. The Morgan fingerprint density at radius 1 is 0.833 bits per heavy atom. The number of esters is 2. The van der Waals surface area contributed by atoms with Crippen LogP contribution in [0.15, 0.2) is 0 Å². The van der Waals surface area contributed by atoms with Crippen molar-refractivity contribution in [1.82, 2.24) is 0 Å². The largest absolute Gasteiger partial charge is 0.465 e. The van der Waals surface area contributed by atoms with E-state index in [1.807, 2.05) is 13.8 Å².